The van der Waals surface area contributed by atoms with E-state index in [0.29, 0.717) is 0 Å². The van der Waals surface area contributed by atoms with Gasteiger partial charge in [0.05, 0.1) is 5.92 Å². The highest BCUT2D eigenvalue weighted by atomic mass is 16.5. The third-order valence-electron chi connectivity index (χ3n) is 4.90. The molecule has 0 aliphatic heterocycles. The van der Waals surface area contributed by atoms with Crippen LogP contribution in [0.3, 0.4) is 0 Å². The molecule has 0 fully saturated rings. The summed E-state index contributed by atoms with van der Waals surface area (Å²) in [5.74, 6) is 0.0968. The molecule has 0 N–H and O–H groups in total. The second-order valence-corrected chi connectivity index (χ2v) is 7.17. The smallest absolute Gasteiger partial charge is 0.309 e. The largest absolute Gasteiger partial charge is 0.457 e. The Labute approximate surface area is 155 Å². The number of ether oxygens (including phenoxy) is 1. The lowest BCUT2D eigenvalue weighted by atomic mass is 9.95. The summed E-state index contributed by atoms with van der Waals surface area (Å²) in [4.78, 5) is 12.8. The molecule has 2 heteroatoms. The van der Waals surface area contributed by atoms with E-state index in [9.17, 15) is 4.79 Å². The number of rotatable bonds is 14. The van der Waals surface area contributed by atoms with Gasteiger partial charge in [-0.15, -0.1) is 0 Å². The van der Waals surface area contributed by atoms with Crippen LogP contribution in [0.2, 0.25) is 0 Å². The number of hydrogen-bond acceptors (Lipinski definition) is 2. The van der Waals surface area contributed by atoms with Crippen molar-refractivity contribution < 1.29 is 9.53 Å². The Hall–Kier alpha value is -1.31. The van der Waals surface area contributed by atoms with Crippen molar-refractivity contribution in [3.05, 3.63) is 35.9 Å². The summed E-state index contributed by atoms with van der Waals surface area (Å²) < 4.78 is 6.02. The van der Waals surface area contributed by atoms with E-state index in [1.807, 2.05) is 18.2 Å². The second-order valence-electron chi connectivity index (χ2n) is 7.17. The third kappa shape index (κ3) is 9.09. The first kappa shape index (κ1) is 21.7. The van der Waals surface area contributed by atoms with Gasteiger partial charge in [0.25, 0.3) is 0 Å². The van der Waals surface area contributed by atoms with Crippen LogP contribution < -0.4 is 0 Å². The molecule has 1 rings (SSSR count). The molecular formula is C23H38O2. The van der Waals surface area contributed by atoms with E-state index >= 15 is 0 Å². The van der Waals surface area contributed by atoms with Crippen molar-refractivity contribution in [2.24, 2.45) is 5.92 Å². The van der Waals surface area contributed by atoms with Crippen molar-refractivity contribution in [3.8, 4) is 0 Å². The van der Waals surface area contributed by atoms with Gasteiger partial charge in [0.1, 0.15) is 6.10 Å². The summed E-state index contributed by atoms with van der Waals surface area (Å²) in [6, 6.07) is 10.2. The number of unbranched alkanes of at least 4 members (excludes halogenated alkanes) is 5. The molecule has 1 aromatic carbocycles. The summed E-state index contributed by atoms with van der Waals surface area (Å²) in [5.41, 5.74) is 1.13. The lowest BCUT2D eigenvalue weighted by Crippen LogP contribution is -2.21. The number of carbonyl (C=O) groups excluding carboxylic acids is 1. The molecule has 0 amide bonds. The van der Waals surface area contributed by atoms with E-state index in [1.54, 1.807) is 0 Å². The van der Waals surface area contributed by atoms with Gasteiger partial charge in [0, 0.05) is 0 Å². The zero-order chi connectivity index (χ0) is 18.3. The van der Waals surface area contributed by atoms with Gasteiger partial charge in [-0.1, -0.05) is 96.0 Å². The van der Waals surface area contributed by atoms with Gasteiger partial charge in [-0.25, -0.2) is 0 Å². The molecule has 0 aromatic heterocycles. The lowest BCUT2D eigenvalue weighted by molar-refractivity contribution is -0.155. The summed E-state index contributed by atoms with van der Waals surface area (Å²) in [7, 11) is 0. The minimum Gasteiger partial charge on any atom is -0.457 e. The van der Waals surface area contributed by atoms with Crippen LogP contribution in [-0.4, -0.2) is 5.97 Å². The number of carbonyl (C=O) groups is 1. The fourth-order valence-corrected chi connectivity index (χ4v) is 3.24. The van der Waals surface area contributed by atoms with Gasteiger partial charge >= 0.3 is 5.97 Å². The van der Waals surface area contributed by atoms with Crippen LogP contribution in [-0.2, 0) is 9.53 Å². The maximum absolute atomic E-state index is 12.8. The molecule has 0 radical (unpaired) electrons. The summed E-state index contributed by atoms with van der Waals surface area (Å²) in [5, 5.41) is 0. The van der Waals surface area contributed by atoms with Gasteiger partial charge in [0.2, 0.25) is 0 Å². The van der Waals surface area contributed by atoms with Crippen molar-refractivity contribution in [2.45, 2.75) is 97.5 Å². The van der Waals surface area contributed by atoms with E-state index in [2.05, 4.69) is 32.9 Å². The fourth-order valence-electron chi connectivity index (χ4n) is 3.24. The first-order valence-electron chi connectivity index (χ1n) is 10.5. The maximum Gasteiger partial charge on any atom is 0.309 e. The molecule has 1 aromatic rings. The molecular weight excluding hydrogens is 308 g/mol. The Morgan fingerprint density at radius 3 is 2.04 bits per heavy atom. The van der Waals surface area contributed by atoms with E-state index < -0.39 is 0 Å². The number of benzene rings is 1. The van der Waals surface area contributed by atoms with Crippen LogP contribution in [0.15, 0.2) is 30.3 Å². The van der Waals surface area contributed by atoms with Crippen molar-refractivity contribution in [2.75, 3.05) is 0 Å². The summed E-state index contributed by atoms with van der Waals surface area (Å²) >= 11 is 0. The van der Waals surface area contributed by atoms with Gasteiger partial charge in [-0.2, -0.15) is 0 Å². The number of esters is 1. The van der Waals surface area contributed by atoms with E-state index in [0.717, 1.165) is 56.9 Å². The van der Waals surface area contributed by atoms with E-state index in [4.69, 9.17) is 4.74 Å². The van der Waals surface area contributed by atoms with Crippen molar-refractivity contribution >= 4 is 5.97 Å². The minimum absolute atomic E-state index is 0.0231. The predicted octanol–water partition coefficient (Wildman–Crippen LogP) is 7.24. The molecule has 0 aliphatic carbocycles. The highest BCUT2D eigenvalue weighted by Crippen LogP contribution is 2.27. The van der Waals surface area contributed by atoms with Crippen molar-refractivity contribution in [3.63, 3.8) is 0 Å². The highest BCUT2D eigenvalue weighted by Gasteiger charge is 2.23. The zero-order valence-corrected chi connectivity index (χ0v) is 16.6. The Kier molecular flexibility index (Phi) is 12.1. The van der Waals surface area contributed by atoms with Gasteiger partial charge in [0.15, 0.2) is 0 Å². The van der Waals surface area contributed by atoms with Crippen molar-refractivity contribution in [1.82, 2.24) is 0 Å². The van der Waals surface area contributed by atoms with Gasteiger partial charge in [-0.05, 0) is 31.2 Å². The molecule has 2 unspecified atom stereocenters. The Bertz CT molecular complexity index is 441. The molecule has 0 aliphatic rings. The molecule has 0 saturated carbocycles. The average molecular weight is 347 g/mol. The average Bonchev–Trinajstić information content (AvgIpc) is 2.65. The SMILES string of the molecule is CCCCCCC(CCCC)C(=O)OC(CCCC)c1ccccc1. The Balaban J connectivity index is 2.67. The standard InChI is InChI=1S/C23H38O2/c1-4-7-10-12-18-21(15-8-5-2)23(24)25-22(19-9-6-3)20-16-13-11-14-17-20/h11,13-14,16-17,21-22H,4-10,12,15,18-19H2,1-3H3. The highest BCUT2D eigenvalue weighted by molar-refractivity contribution is 5.72. The molecule has 0 heterocycles. The Morgan fingerprint density at radius 2 is 1.40 bits per heavy atom. The first-order chi connectivity index (χ1) is 12.2. The lowest BCUT2D eigenvalue weighted by Gasteiger charge is -2.22. The molecule has 2 atom stereocenters. The number of hydrogen-bond donors (Lipinski definition) is 0. The molecule has 2 nitrogen and oxygen atoms in total. The monoisotopic (exact) mass is 346 g/mol. The van der Waals surface area contributed by atoms with E-state index in [-0.39, 0.29) is 18.0 Å². The quantitative estimate of drug-likeness (QED) is 0.262. The van der Waals surface area contributed by atoms with Gasteiger partial charge < -0.3 is 4.74 Å². The van der Waals surface area contributed by atoms with Crippen LogP contribution in [0.25, 0.3) is 0 Å². The van der Waals surface area contributed by atoms with E-state index in [1.165, 1.54) is 19.3 Å². The molecule has 142 valence electrons. The second kappa shape index (κ2) is 13.9. The molecule has 0 saturated heterocycles. The van der Waals surface area contributed by atoms with Gasteiger partial charge in [-0.3, -0.25) is 4.79 Å². The normalized spacial score (nSPS) is 13.4. The minimum atomic E-state index is -0.0894. The molecule has 25 heavy (non-hydrogen) atoms. The Morgan fingerprint density at radius 1 is 0.800 bits per heavy atom. The zero-order valence-electron chi connectivity index (χ0n) is 16.6. The third-order valence-corrected chi connectivity index (χ3v) is 4.90. The van der Waals surface area contributed by atoms with Crippen LogP contribution in [0, 0.1) is 5.92 Å². The van der Waals surface area contributed by atoms with Crippen LogP contribution in [0.4, 0.5) is 0 Å². The van der Waals surface area contributed by atoms with Crippen LogP contribution in [0.1, 0.15) is 103 Å². The van der Waals surface area contributed by atoms with Crippen LogP contribution >= 0.6 is 0 Å². The van der Waals surface area contributed by atoms with Crippen LogP contribution in [0.5, 0.6) is 0 Å². The molecule has 0 bridgehead atoms. The molecule has 0 spiro atoms. The summed E-state index contributed by atoms with van der Waals surface area (Å²) in [6.07, 6.45) is 12.1. The predicted molar refractivity (Wildman–Crippen MR) is 107 cm³/mol. The van der Waals surface area contributed by atoms with Crippen molar-refractivity contribution in [1.29, 1.82) is 0 Å². The maximum atomic E-state index is 12.8. The fraction of sp³-hybridized carbons (Fsp3) is 0.696. The first-order valence-corrected chi connectivity index (χ1v) is 10.5. The topological polar surface area (TPSA) is 26.3 Å². The summed E-state index contributed by atoms with van der Waals surface area (Å²) in [6.45, 7) is 6.59.